The van der Waals surface area contributed by atoms with Crippen molar-refractivity contribution in [1.82, 2.24) is 24.5 Å². The molecule has 0 aliphatic heterocycles. The van der Waals surface area contributed by atoms with Gasteiger partial charge in [0.2, 0.25) is 5.91 Å². The molecule has 26 heavy (non-hydrogen) atoms. The molecule has 0 spiro atoms. The number of nitrogens with zero attached hydrogens (tertiary/aromatic N) is 4. The summed E-state index contributed by atoms with van der Waals surface area (Å²) in [7, 11) is -3.99. The Labute approximate surface area is 150 Å². The van der Waals surface area contributed by atoms with Crippen LogP contribution in [0.15, 0.2) is 60.1 Å². The summed E-state index contributed by atoms with van der Waals surface area (Å²) in [6, 6.07) is 8.28. The van der Waals surface area contributed by atoms with Gasteiger partial charge in [-0.25, -0.2) is 14.4 Å². The zero-order chi connectivity index (χ0) is 18.1. The molecule has 0 atom stereocenters. The number of hydrogen-bond acceptors (Lipinski definition) is 6. The second-order valence-corrected chi connectivity index (χ2v) is 7.62. The fourth-order valence-electron chi connectivity index (χ4n) is 2.42. The quantitative estimate of drug-likeness (QED) is 0.731. The predicted octanol–water partition coefficient (Wildman–Crippen LogP) is 1.54. The molecule has 0 saturated heterocycles. The maximum Gasteiger partial charge on any atom is 0.281 e. The minimum Gasteiger partial charge on any atom is -0.274 e. The highest BCUT2D eigenvalue weighted by atomic mass is 32.2. The maximum absolute atomic E-state index is 12.4. The lowest BCUT2D eigenvalue weighted by Gasteiger charge is -2.06. The minimum absolute atomic E-state index is 0.196. The number of hydrogen-bond donors (Lipinski definition) is 1. The third-order valence-corrected chi connectivity index (χ3v) is 5.22. The van der Waals surface area contributed by atoms with Crippen LogP contribution in [-0.4, -0.2) is 34.1 Å². The van der Waals surface area contributed by atoms with Gasteiger partial charge in [-0.15, -0.1) is 0 Å². The van der Waals surface area contributed by atoms with E-state index < -0.39 is 15.9 Å². The van der Waals surface area contributed by atoms with E-state index in [4.69, 9.17) is 0 Å². The van der Waals surface area contributed by atoms with Gasteiger partial charge in [0, 0.05) is 23.9 Å². The molecule has 8 nitrogen and oxygen atoms in total. The van der Waals surface area contributed by atoms with Crippen molar-refractivity contribution in [3.63, 3.8) is 0 Å². The zero-order valence-corrected chi connectivity index (χ0v) is 14.4. The van der Waals surface area contributed by atoms with Crippen molar-refractivity contribution in [2.24, 2.45) is 5.92 Å². The summed E-state index contributed by atoms with van der Waals surface area (Å²) in [5.74, 6) is -0.674. The van der Waals surface area contributed by atoms with Crippen LogP contribution >= 0.6 is 0 Å². The fraction of sp³-hybridized carbons (Fsp3) is 0.176. The van der Waals surface area contributed by atoms with Gasteiger partial charge in [0.1, 0.15) is 0 Å². The number of carbonyl (C=O) groups is 1. The van der Waals surface area contributed by atoms with Gasteiger partial charge in [-0.1, -0.05) is 6.07 Å². The number of nitrogens with one attached hydrogen (secondary N) is 1. The number of carbonyl (C=O) groups excluding carboxylic acids is 1. The van der Waals surface area contributed by atoms with Gasteiger partial charge in [-0.3, -0.25) is 9.78 Å². The van der Waals surface area contributed by atoms with Crippen LogP contribution in [-0.2, 0) is 14.8 Å². The largest absolute Gasteiger partial charge is 0.281 e. The Morgan fingerprint density at radius 2 is 2.00 bits per heavy atom. The van der Waals surface area contributed by atoms with Crippen LogP contribution in [0.3, 0.4) is 0 Å². The number of sulfonamides is 1. The summed E-state index contributed by atoms with van der Waals surface area (Å²) >= 11 is 0. The highest BCUT2D eigenvalue weighted by molar-refractivity contribution is 7.90. The molecule has 1 saturated carbocycles. The Kier molecular flexibility index (Phi) is 4.00. The van der Waals surface area contributed by atoms with Crippen LogP contribution in [0, 0.1) is 5.92 Å². The SMILES string of the molecule is O=C(NS(=O)(=O)c1cccc(-c2cnn(-c3cccnc3)c2)n1)C1CC1. The monoisotopic (exact) mass is 369 g/mol. The maximum atomic E-state index is 12.4. The van der Waals surface area contributed by atoms with Crippen LogP contribution in [0.2, 0.25) is 0 Å². The smallest absolute Gasteiger partial charge is 0.274 e. The summed E-state index contributed by atoms with van der Waals surface area (Å²) in [4.78, 5) is 20.0. The first-order chi connectivity index (χ1) is 12.5. The first-order valence-electron chi connectivity index (χ1n) is 8.02. The Balaban J connectivity index is 1.62. The van der Waals surface area contributed by atoms with E-state index in [1.165, 1.54) is 6.07 Å². The lowest BCUT2D eigenvalue weighted by molar-refractivity contribution is -0.120. The first-order valence-corrected chi connectivity index (χ1v) is 9.50. The molecule has 3 aromatic rings. The number of pyridine rings is 2. The lowest BCUT2D eigenvalue weighted by Crippen LogP contribution is -2.32. The summed E-state index contributed by atoms with van der Waals surface area (Å²) in [6.07, 6.45) is 8.11. The van der Waals surface area contributed by atoms with Gasteiger partial charge in [-0.2, -0.15) is 13.5 Å². The van der Waals surface area contributed by atoms with E-state index in [0.717, 1.165) is 18.5 Å². The fourth-order valence-corrected chi connectivity index (χ4v) is 3.44. The highest BCUT2D eigenvalue weighted by Gasteiger charge is 2.33. The molecule has 0 bridgehead atoms. The van der Waals surface area contributed by atoms with E-state index in [-0.39, 0.29) is 10.9 Å². The molecule has 0 radical (unpaired) electrons. The molecular formula is C17H15N5O3S. The van der Waals surface area contributed by atoms with Gasteiger partial charge in [0.15, 0.2) is 5.03 Å². The predicted molar refractivity (Wildman–Crippen MR) is 92.6 cm³/mol. The molecule has 1 aliphatic rings. The van der Waals surface area contributed by atoms with Gasteiger partial charge in [0.25, 0.3) is 10.0 Å². The summed E-state index contributed by atoms with van der Waals surface area (Å²) in [5.41, 5.74) is 1.88. The number of rotatable bonds is 5. The first kappa shape index (κ1) is 16.4. The van der Waals surface area contributed by atoms with Crippen molar-refractivity contribution in [3.8, 4) is 16.9 Å². The number of amides is 1. The molecule has 0 unspecified atom stereocenters. The second-order valence-electron chi connectivity index (χ2n) is 5.99. The van der Waals surface area contributed by atoms with Crippen LogP contribution in [0.4, 0.5) is 0 Å². The van der Waals surface area contributed by atoms with Crippen LogP contribution in [0.25, 0.3) is 16.9 Å². The van der Waals surface area contributed by atoms with Gasteiger partial charge >= 0.3 is 0 Å². The molecular weight excluding hydrogens is 354 g/mol. The second kappa shape index (κ2) is 6.34. The Hall–Kier alpha value is -3.07. The molecule has 4 rings (SSSR count). The average Bonchev–Trinajstić information content (AvgIpc) is 3.39. The molecule has 1 amide bonds. The van der Waals surface area contributed by atoms with E-state index in [1.54, 1.807) is 47.7 Å². The minimum atomic E-state index is -3.99. The number of aromatic nitrogens is 4. The summed E-state index contributed by atoms with van der Waals surface area (Å²) in [6.45, 7) is 0. The third kappa shape index (κ3) is 3.33. The molecule has 0 aromatic carbocycles. The van der Waals surface area contributed by atoms with Crippen molar-refractivity contribution >= 4 is 15.9 Å². The van der Waals surface area contributed by atoms with Crippen molar-refractivity contribution in [1.29, 1.82) is 0 Å². The molecule has 9 heteroatoms. The molecule has 3 aromatic heterocycles. The van der Waals surface area contributed by atoms with Crippen molar-refractivity contribution in [2.45, 2.75) is 17.9 Å². The van der Waals surface area contributed by atoms with E-state index in [0.29, 0.717) is 11.3 Å². The topological polar surface area (TPSA) is 107 Å². The molecule has 1 N–H and O–H groups in total. The van der Waals surface area contributed by atoms with Crippen LogP contribution in [0.1, 0.15) is 12.8 Å². The Bertz CT molecular complexity index is 1060. The normalized spacial score (nSPS) is 14.2. The summed E-state index contributed by atoms with van der Waals surface area (Å²) < 4.78 is 28.4. The molecule has 132 valence electrons. The van der Waals surface area contributed by atoms with Crippen LogP contribution < -0.4 is 4.72 Å². The van der Waals surface area contributed by atoms with Gasteiger partial charge in [0.05, 0.1) is 23.8 Å². The van der Waals surface area contributed by atoms with Crippen molar-refractivity contribution < 1.29 is 13.2 Å². The van der Waals surface area contributed by atoms with E-state index in [9.17, 15) is 13.2 Å². The molecule has 1 fully saturated rings. The molecule has 3 heterocycles. The summed E-state index contributed by atoms with van der Waals surface area (Å²) in [5, 5.41) is 4.06. The van der Waals surface area contributed by atoms with Crippen molar-refractivity contribution in [2.75, 3.05) is 0 Å². The van der Waals surface area contributed by atoms with E-state index in [1.807, 2.05) is 6.07 Å². The zero-order valence-electron chi connectivity index (χ0n) is 13.6. The Morgan fingerprint density at radius 3 is 2.73 bits per heavy atom. The average molecular weight is 369 g/mol. The molecule has 1 aliphatic carbocycles. The third-order valence-electron chi connectivity index (χ3n) is 3.97. The van der Waals surface area contributed by atoms with Crippen molar-refractivity contribution in [3.05, 3.63) is 55.1 Å². The Morgan fingerprint density at radius 1 is 1.15 bits per heavy atom. The lowest BCUT2D eigenvalue weighted by atomic mass is 10.2. The van der Waals surface area contributed by atoms with E-state index >= 15 is 0 Å². The van der Waals surface area contributed by atoms with Gasteiger partial charge in [-0.05, 0) is 37.1 Å². The standard InChI is InChI=1S/C17H15N5O3S/c23-17(12-6-7-12)21-26(24,25)16-5-1-4-15(20-16)13-9-19-22(11-13)14-3-2-8-18-10-14/h1-5,8-12H,6-7H2,(H,21,23). The van der Waals surface area contributed by atoms with E-state index in [2.05, 4.69) is 19.8 Å². The van der Waals surface area contributed by atoms with Gasteiger partial charge < -0.3 is 0 Å². The van der Waals surface area contributed by atoms with Crippen LogP contribution in [0.5, 0.6) is 0 Å². The highest BCUT2D eigenvalue weighted by Crippen LogP contribution is 2.29.